The lowest BCUT2D eigenvalue weighted by molar-refractivity contribution is 0.0547. The molecule has 2 aromatic carbocycles. The van der Waals surface area contributed by atoms with Crippen LogP contribution in [0, 0.1) is 0 Å². The molecule has 11 nitrogen and oxygen atoms in total. The molecule has 0 saturated carbocycles. The summed E-state index contributed by atoms with van der Waals surface area (Å²) >= 11 is 0. The first kappa shape index (κ1) is 34.4. The molecule has 0 radical (unpaired) electrons. The van der Waals surface area contributed by atoms with Crippen LogP contribution in [0.15, 0.2) is 84.0 Å². The zero-order chi connectivity index (χ0) is 34.6. The average Bonchev–Trinajstić information content (AvgIpc) is 3.63. The molecule has 0 aliphatic carbocycles. The summed E-state index contributed by atoms with van der Waals surface area (Å²) in [6.07, 6.45) is 4.16. The summed E-state index contributed by atoms with van der Waals surface area (Å²) in [5.74, 6) is 0.316. The van der Waals surface area contributed by atoms with Gasteiger partial charge < -0.3 is 19.5 Å². The minimum atomic E-state index is -1.38. The van der Waals surface area contributed by atoms with E-state index < -0.39 is 31.2 Å². The molecular weight excluding hydrogens is 627 g/mol. The maximum atomic E-state index is 14.0. The third-order valence-electron chi connectivity index (χ3n) is 7.53. The third kappa shape index (κ3) is 8.50. The van der Waals surface area contributed by atoms with Gasteiger partial charge in [-0.05, 0) is 62.7 Å². The number of para-hydroxylation sites is 1. The minimum absolute atomic E-state index is 0.0517. The number of pyridine rings is 1. The predicted octanol–water partition coefficient (Wildman–Crippen LogP) is 7.07. The van der Waals surface area contributed by atoms with Crippen LogP contribution < -0.4 is 15.6 Å². The molecule has 12 heteroatoms. The number of nitrogens with zero attached hydrogens (tertiary/aromatic N) is 4. The van der Waals surface area contributed by atoms with E-state index in [-0.39, 0.29) is 17.9 Å². The van der Waals surface area contributed by atoms with E-state index in [0.29, 0.717) is 30.0 Å². The Morgan fingerprint density at radius 3 is 2.40 bits per heavy atom. The summed E-state index contributed by atoms with van der Waals surface area (Å²) in [7, 11) is 0.244. The number of methoxy groups -OCH3 is 1. The number of carbonyl (C=O) groups is 2. The molecule has 48 heavy (non-hydrogen) atoms. The zero-order valence-corrected chi connectivity index (χ0v) is 29.6. The molecule has 5 rings (SSSR count). The van der Waals surface area contributed by atoms with E-state index in [1.165, 1.54) is 21.4 Å². The lowest BCUT2D eigenvalue weighted by atomic mass is 10.1. The van der Waals surface area contributed by atoms with Gasteiger partial charge in [0.1, 0.15) is 18.1 Å². The van der Waals surface area contributed by atoms with Gasteiger partial charge in [-0.1, -0.05) is 50.0 Å². The number of anilines is 1. The molecule has 1 N–H and O–H groups in total. The molecule has 1 amide bonds. The van der Waals surface area contributed by atoms with Gasteiger partial charge in [-0.25, -0.2) is 9.36 Å². The molecule has 0 atom stereocenters. The fraction of sp³-hybridized carbons (Fsp3) is 0.333. The second-order valence-electron chi connectivity index (χ2n) is 13.9. The van der Waals surface area contributed by atoms with Crippen LogP contribution in [0.2, 0.25) is 25.7 Å². The number of rotatable bonds is 11. The van der Waals surface area contributed by atoms with Gasteiger partial charge in [-0.2, -0.15) is 5.10 Å². The fourth-order valence-electron chi connectivity index (χ4n) is 5.07. The van der Waals surface area contributed by atoms with Crippen molar-refractivity contribution >= 4 is 36.7 Å². The summed E-state index contributed by atoms with van der Waals surface area (Å²) in [4.78, 5) is 41.3. The second-order valence-corrected chi connectivity index (χ2v) is 19.5. The van der Waals surface area contributed by atoms with Crippen LogP contribution in [0.5, 0.6) is 5.75 Å². The molecular formula is C36H43N5O6Si. The molecule has 0 saturated heterocycles. The molecule has 0 spiro atoms. The predicted molar refractivity (Wildman–Crippen MR) is 190 cm³/mol. The van der Waals surface area contributed by atoms with Crippen molar-refractivity contribution in [3.8, 4) is 17.0 Å². The van der Waals surface area contributed by atoms with E-state index in [4.69, 9.17) is 14.2 Å². The van der Waals surface area contributed by atoms with Gasteiger partial charge >= 0.3 is 6.09 Å². The second kappa shape index (κ2) is 14.0. The Balaban J connectivity index is 1.50. The van der Waals surface area contributed by atoms with Crippen molar-refractivity contribution in [2.45, 2.75) is 65.3 Å². The van der Waals surface area contributed by atoms with E-state index in [0.717, 1.165) is 22.7 Å². The van der Waals surface area contributed by atoms with E-state index in [9.17, 15) is 14.4 Å². The van der Waals surface area contributed by atoms with Crippen molar-refractivity contribution in [3.05, 3.63) is 101 Å². The molecule has 0 unspecified atom stereocenters. The van der Waals surface area contributed by atoms with Crippen molar-refractivity contribution < 1.29 is 23.8 Å². The van der Waals surface area contributed by atoms with Gasteiger partial charge in [0.05, 0.1) is 47.9 Å². The summed E-state index contributed by atoms with van der Waals surface area (Å²) in [5.41, 5.74) is 1.59. The number of hydrogen-bond donors (Lipinski definition) is 1. The zero-order valence-electron chi connectivity index (χ0n) is 28.6. The highest BCUT2D eigenvalue weighted by Crippen LogP contribution is 2.29. The smallest absolute Gasteiger partial charge is 0.419 e. The number of nitrogens with one attached hydrogen (secondary N) is 1. The molecule has 3 heterocycles. The Morgan fingerprint density at radius 1 is 0.979 bits per heavy atom. The fourth-order valence-corrected chi connectivity index (χ4v) is 5.83. The SMILES string of the molecule is COc1ccc(Cn2cc(NC(=O)c3cc(-c4cc5ccccc5n4C(=O)OC(C)(C)C)c(=O)n(COCC[Si](C)(C)C)c3)cn2)cc1. The molecule has 0 aliphatic heterocycles. The van der Waals surface area contributed by atoms with Gasteiger partial charge in [0.2, 0.25) is 0 Å². The topological polar surface area (TPSA) is 119 Å². The number of carbonyl (C=O) groups excluding carboxylic acids is 2. The quantitative estimate of drug-likeness (QED) is 0.118. The van der Waals surface area contributed by atoms with Crippen molar-refractivity contribution in [1.29, 1.82) is 0 Å². The van der Waals surface area contributed by atoms with Crippen molar-refractivity contribution in [2.24, 2.45) is 0 Å². The Labute approximate surface area is 281 Å². The summed E-state index contributed by atoms with van der Waals surface area (Å²) in [6, 6.07) is 19.2. The highest BCUT2D eigenvalue weighted by Gasteiger charge is 2.25. The third-order valence-corrected chi connectivity index (χ3v) is 9.24. The summed E-state index contributed by atoms with van der Waals surface area (Å²) in [6.45, 7) is 13.0. The summed E-state index contributed by atoms with van der Waals surface area (Å²) in [5, 5.41) is 8.04. The highest BCUT2D eigenvalue weighted by molar-refractivity contribution is 6.76. The molecule has 0 fully saturated rings. The van der Waals surface area contributed by atoms with Crippen LogP contribution in [0.1, 0.15) is 36.7 Å². The monoisotopic (exact) mass is 669 g/mol. The van der Waals surface area contributed by atoms with Gasteiger partial charge in [-0.15, -0.1) is 0 Å². The van der Waals surface area contributed by atoms with Crippen LogP contribution in [0.25, 0.3) is 22.2 Å². The molecule has 5 aromatic rings. The highest BCUT2D eigenvalue weighted by atomic mass is 28.3. The maximum Gasteiger partial charge on any atom is 0.419 e. The van der Waals surface area contributed by atoms with Gasteiger partial charge in [-0.3, -0.25) is 18.8 Å². The summed E-state index contributed by atoms with van der Waals surface area (Å²) < 4.78 is 21.4. The van der Waals surface area contributed by atoms with Crippen LogP contribution >= 0.6 is 0 Å². The Kier molecular flexibility index (Phi) is 10.1. The van der Waals surface area contributed by atoms with Gasteiger partial charge in [0.15, 0.2) is 0 Å². The first-order chi connectivity index (χ1) is 22.7. The van der Waals surface area contributed by atoms with Gasteiger partial charge in [0, 0.05) is 32.5 Å². The van der Waals surface area contributed by atoms with Crippen LogP contribution in [-0.2, 0) is 22.7 Å². The lowest BCUT2D eigenvalue weighted by Gasteiger charge is -2.21. The largest absolute Gasteiger partial charge is 0.497 e. The van der Waals surface area contributed by atoms with Crippen LogP contribution in [-0.4, -0.2) is 58.3 Å². The first-order valence-electron chi connectivity index (χ1n) is 15.8. The van der Waals surface area contributed by atoms with Crippen LogP contribution in [0.4, 0.5) is 10.5 Å². The Hall–Kier alpha value is -4.94. The number of aromatic nitrogens is 4. The molecule has 0 aliphatic rings. The number of fused-ring (bicyclic) bond motifs is 1. The number of benzene rings is 2. The van der Waals surface area contributed by atoms with Crippen molar-refractivity contribution in [1.82, 2.24) is 18.9 Å². The first-order valence-corrected chi connectivity index (χ1v) is 19.5. The van der Waals surface area contributed by atoms with E-state index in [1.54, 1.807) is 57.1 Å². The Morgan fingerprint density at radius 2 is 1.71 bits per heavy atom. The maximum absolute atomic E-state index is 14.0. The number of hydrogen-bond acceptors (Lipinski definition) is 7. The van der Waals surface area contributed by atoms with Gasteiger partial charge in [0.25, 0.3) is 11.5 Å². The molecule has 252 valence electrons. The average molecular weight is 670 g/mol. The lowest BCUT2D eigenvalue weighted by Crippen LogP contribution is -2.30. The van der Waals surface area contributed by atoms with E-state index in [2.05, 4.69) is 30.1 Å². The van der Waals surface area contributed by atoms with Crippen molar-refractivity contribution in [3.63, 3.8) is 0 Å². The normalized spacial score (nSPS) is 11.9. The Bertz CT molecular complexity index is 1980. The molecule has 0 bridgehead atoms. The number of amides is 1. The van der Waals surface area contributed by atoms with E-state index in [1.807, 2.05) is 42.5 Å². The number of ether oxygens (including phenoxy) is 3. The molecule has 3 aromatic heterocycles. The van der Waals surface area contributed by atoms with Crippen LogP contribution in [0.3, 0.4) is 0 Å². The van der Waals surface area contributed by atoms with Crippen molar-refractivity contribution in [2.75, 3.05) is 19.0 Å². The standard InChI is InChI=1S/C36H43N5O6Si/c1-36(2,3)47-35(44)41-31-11-9-8-10-26(31)19-32(41)30-18-27(22-39(34(30)43)24-46-16-17-48(5,6)7)33(42)38-28-20-37-40(23-28)21-25-12-14-29(45-4)15-13-25/h8-15,18-20,22-23H,16-17,21,24H2,1-7H3,(H,38,42). The minimum Gasteiger partial charge on any atom is -0.497 e. The van der Waals surface area contributed by atoms with E-state index >= 15 is 0 Å².